The van der Waals surface area contributed by atoms with Crippen molar-refractivity contribution < 1.29 is 18.3 Å². The van der Waals surface area contributed by atoms with Gasteiger partial charge in [0, 0.05) is 5.02 Å². The van der Waals surface area contributed by atoms with Gasteiger partial charge in [0.25, 0.3) is 0 Å². The fourth-order valence-corrected chi connectivity index (χ4v) is 1.87. The van der Waals surface area contributed by atoms with Crippen molar-refractivity contribution in [1.29, 1.82) is 0 Å². The Bertz CT molecular complexity index is 399. The van der Waals surface area contributed by atoms with Gasteiger partial charge in [-0.15, -0.1) is 0 Å². The van der Waals surface area contributed by atoms with Gasteiger partial charge in [-0.1, -0.05) is 17.7 Å². The molecule has 1 aromatic carbocycles. The molecule has 0 aliphatic heterocycles. The fraction of sp³-hybridized carbons (Fsp3) is 0.455. The number of hydrogen-bond donors (Lipinski definition) is 1. The average molecular weight is 251 g/mol. The van der Waals surface area contributed by atoms with Crippen LogP contribution in [0.4, 0.5) is 13.2 Å². The molecule has 1 N–H and O–H groups in total. The first-order chi connectivity index (χ1) is 7.39. The van der Waals surface area contributed by atoms with Crippen LogP contribution in [-0.2, 0) is 6.18 Å². The molecule has 5 heteroatoms. The van der Waals surface area contributed by atoms with E-state index in [9.17, 15) is 18.3 Å². The van der Waals surface area contributed by atoms with Crippen LogP contribution in [0, 0.1) is 5.92 Å². The SMILES string of the molecule is OC(c1ccc(Cl)cc1C(F)(F)F)C1CC1. The Morgan fingerprint density at radius 3 is 2.44 bits per heavy atom. The molecule has 0 saturated heterocycles. The van der Waals surface area contributed by atoms with E-state index in [0.717, 1.165) is 18.9 Å². The Balaban J connectivity index is 2.43. The van der Waals surface area contributed by atoms with E-state index in [1.54, 1.807) is 0 Å². The zero-order chi connectivity index (χ0) is 11.9. The third kappa shape index (κ3) is 2.33. The molecular formula is C11H10ClF3O. The molecule has 1 aliphatic carbocycles. The first-order valence-electron chi connectivity index (χ1n) is 4.94. The van der Waals surface area contributed by atoms with Crippen LogP contribution < -0.4 is 0 Å². The molecule has 1 fully saturated rings. The van der Waals surface area contributed by atoms with Gasteiger partial charge >= 0.3 is 6.18 Å². The van der Waals surface area contributed by atoms with Gasteiger partial charge in [0.2, 0.25) is 0 Å². The molecule has 0 heterocycles. The number of hydrogen-bond acceptors (Lipinski definition) is 1. The van der Waals surface area contributed by atoms with E-state index in [0.29, 0.717) is 0 Å². The summed E-state index contributed by atoms with van der Waals surface area (Å²) in [6, 6.07) is 3.49. The van der Waals surface area contributed by atoms with Crippen LogP contribution in [0.25, 0.3) is 0 Å². The predicted molar refractivity (Wildman–Crippen MR) is 54.1 cm³/mol. The molecule has 1 atom stereocenters. The van der Waals surface area contributed by atoms with Gasteiger partial charge in [0.15, 0.2) is 0 Å². The third-order valence-electron chi connectivity index (χ3n) is 2.71. The first kappa shape index (κ1) is 11.7. The molecular weight excluding hydrogens is 241 g/mol. The van der Waals surface area contributed by atoms with Crippen LogP contribution in [0.15, 0.2) is 18.2 Å². The number of alkyl halides is 3. The van der Waals surface area contributed by atoms with E-state index in [-0.39, 0.29) is 16.5 Å². The summed E-state index contributed by atoms with van der Waals surface area (Å²) in [4.78, 5) is 0. The number of rotatable bonds is 2. The van der Waals surface area contributed by atoms with Crippen molar-refractivity contribution >= 4 is 11.6 Å². The molecule has 1 aromatic rings. The van der Waals surface area contributed by atoms with Crippen LogP contribution in [0.2, 0.25) is 5.02 Å². The summed E-state index contributed by atoms with van der Waals surface area (Å²) >= 11 is 5.54. The summed E-state index contributed by atoms with van der Waals surface area (Å²) in [5, 5.41) is 9.78. The van der Waals surface area contributed by atoms with E-state index < -0.39 is 17.8 Å². The second-order valence-electron chi connectivity index (χ2n) is 4.01. The monoisotopic (exact) mass is 250 g/mol. The normalized spacial score (nSPS) is 18.6. The Labute approximate surface area is 95.8 Å². The highest BCUT2D eigenvalue weighted by Gasteiger charge is 2.39. The molecule has 88 valence electrons. The van der Waals surface area contributed by atoms with Crippen LogP contribution >= 0.6 is 11.6 Å². The van der Waals surface area contributed by atoms with E-state index in [1.165, 1.54) is 12.1 Å². The lowest BCUT2D eigenvalue weighted by Crippen LogP contribution is -2.13. The van der Waals surface area contributed by atoms with Crippen LogP contribution in [-0.4, -0.2) is 5.11 Å². The lowest BCUT2D eigenvalue weighted by molar-refractivity contribution is -0.139. The molecule has 0 amide bonds. The fourth-order valence-electron chi connectivity index (χ4n) is 1.70. The first-order valence-corrected chi connectivity index (χ1v) is 5.32. The summed E-state index contributed by atoms with van der Waals surface area (Å²) in [6.07, 6.45) is -3.95. The molecule has 2 rings (SSSR count). The molecule has 1 unspecified atom stereocenters. The van der Waals surface area contributed by atoms with Gasteiger partial charge in [0.1, 0.15) is 0 Å². The second-order valence-corrected chi connectivity index (χ2v) is 4.45. The number of halogens is 4. The highest BCUT2D eigenvalue weighted by Crippen LogP contribution is 2.45. The maximum Gasteiger partial charge on any atom is 0.416 e. The van der Waals surface area contributed by atoms with Crippen molar-refractivity contribution in [3.05, 3.63) is 34.3 Å². The van der Waals surface area contributed by atoms with Gasteiger partial charge in [-0.3, -0.25) is 0 Å². The van der Waals surface area contributed by atoms with Crippen molar-refractivity contribution in [2.24, 2.45) is 5.92 Å². The van der Waals surface area contributed by atoms with Crippen LogP contribution in [0.1, 0.15) is 30.1 Å². The van der Waals surface area contributed by atoms with Crippen molar-refractivity contribution in [3.63, 3.8) is 0 Å². The predicted octanol–water partition coefficient (Wildman–Crippen LogP) is 3.80. The molecule has 1 saturated carbocycles. The Morgan fingerprint density at radius 2 is 1.94 bits per heavy atom. The Hall–Kier alpha value is -0.740. The number of aliphatic hydroxyl groups is 1. The van der Waals surface area contributed by atoms with E-state index in [1.807, 2.05) is 0 Å². The topological polar surface area (TPSA) is 20.2 Å². The van der Waals surface area contributed by atoms with E-state index >= 15 is 0 Å². The van der Waals surface area contributed by atoms with Crippen LogP contribution in [0.5, 0.6) is 0 Å². The van der Waals surface area contributed by atoms with E-state index in [4.69, 9.17) is 11.6 Å². The highest BCUT2D eigenvalue weighted by atomic mass is 35.5. The number of aliphatic hydroxyl groups excluding tert-OH is 1. The average Bonchev–Trinajstić information content (AvgIpc) is 2.98. The van der Waals surface area contributed by atoms with Gasteiger partial charge < -0.3 is 5.11 Å². The third-order valence-corrected chi connectivity index (χ3v) is 2.94. The van der Waals surface area contributed by atoms with Crippen molar-refractivity contribution in [1.82, 2.24) is 0 Å². The molecule has 0 radical (unpaired) electrons. The van der Waals surface area contributed by atoms with Gasteiger partial charge in [-0.2, -0.15) is 13.2 Å². The number of benzene rings is 1. The molecule has 0 spiro atoms. The van der Waals surface area contributed by atoms with Gasteiger partial charge in [0.05, 0.1) is 11.7 Å². The Morgan fingerprint density at radius 1 is 1.31 bits per heavy atom. The van der Waals surface area contributed by atoms with Crippen LogP contribution in [0.3, 0.4) is 0 Å². The smallest absolute Gasteiger partial charge is 0.388 e. The summed E-state index contributed by atoms with van der Waals surface area (Å²) < 4.78 is 38.1. The minimum Gasteiger partial charge on any atom is -0.388 e. The molecule has 16 heavy (non-hydrogen) atoms. The standard InChI is InChI=1S/C11H10ClF3O/c12-7-3-4-8(10(16)6-1-2-6)9(5-7)11(13,14)15/h3-6,10,16H,1-2H2. The minimum absolute atomic E-state index is 0.0269. The van der Waals surface area contributed by atoms with Gasteiger partial charge in [-0.05, 0) is 36.5 Å². The van der Waals surface area contributed by atoms with E-state index in [2.05, 4.69) is 0 Å². The zero-order valence-corrected chi connectivity index (χ0v) is 9.02. The maximum absolute atomic E-state index is 12.7. The largest absolute Gasteiger partial charge is 0.416 e. The summed E-state index contributed by atoms with van der Waals surface area (Å²) in [5.41, 5.74) is -0.904. The minimum atomic E-state index is -4.48. The summed E-state index contributed by atoms with van der Waals surface area (Å²) in [5.74, 6) is -0.0396. The lowest BCUT2D eigenvalue weighted by Gasteiger charge is -2.17. The molecule has 1 nitrogen and oxygen atoms in total. The molecule has 0 bridgehead atoms. The summed E-state index contributed by atoms with van der Waals surface area (Å²) in [6.45, 7) is 0. The Kier molecular flexibility index (Phi) is 2.88. The summed E-state index contributed by atoms with van der Waals surface area (Å²) in [7, 11) is 0. The zero-order valence-electron chi connectivity index (χ0n) is 8.26. The maximum atomic E-state index is 12.7. The molecule has 1 aliphatic rings. The van der Waals surface area contributed by atoms with Crippen molar-refractivity contribution in [2.45, 2.75) is 25.1 Å². The van der Waals surface area contributed by atoms with Crippen molar-refractivity contribution in [3.8, 4) is 0 Å². The molecule has 0 aromatic heterocycles. The van der Waals surface area contributed by atoms with Crippen molar-refractivity contribution in [2.75, 3.05) is 0 Å². The second kappa shape index (κ2) is 3.93. The lowest BCUT2D eigenvalue weighted by atomic mass is 9.99. The quantitative estimate of drug-likeness (QED) is 0.846. The van der Waals surface area contributed by atoms with Gasteiger partial charge in [-0.25, -0.2) is 0 Å². The highest BCUT2D eigenvalue weighted by molar-refractivity contribution is 6.30.